The van der Waals surface area contributed by atoms with Crippen LogP contribution in [0.2, 0.25) is 0 Å². The summed E-state index contributed by atoms with van der Waals surface area (Å²) in [7, 11) is 0. The zero-order valence-corrected chi connectivity index (χ0v) is 14.2. The first-order valence-electron chi connectivity index (χ1n) is 8.44. The zero-order chi connectivity index (χ0) is 15.3. The number of fused-ring (bicyclic) bond motifs is 1. The van der Waals surface area contributed by atoms with Gasteiger partial charge in [-0.3, -0.25) is 0 Å². The van der Waals surface area contributed by atoms with E-state index < -0.39 is 0 Å². The molecule has 0 radical (unpaired) electrons. The van der Waals surface area contributed by atoms with Crippen molar-refractivity contribution in [3.63, 3.8) is 0 Å². The molecule has 0 amide bonds. The summed E-state index contributed by atoms with van der Waals surface area (Å²) < 4.78 is 0. The first-order chi connectivity index (χ1) is 9.96. The minimum atomic E-state index is 0.226. The van der Waals surface area contributed by atoms with Gasteiger partial charge in [0.25, 0.3) is 0 Å². The number of benzene rings is 1. The molecule has 0 heterocycles. The van der Waals surface area contributed by atoms with E-state index in [-0.39, 0.29) is 5.54 Å². The van der Waals surface area contributed by atoms with Gasteiger partial charge in [0.05, 0.1) is 0 Å². The monoisotopic (exact) mass is 285 g/mol. The van der Waals surface area contributed by atoms with Crippen molar-refractivity contribution in [1.82, 2.24) is 5.32 Å². The summed E-state index contributed by atoms with van der Waals surface area (Å²) in [6.07, 6.45) is 8.76. The predicted molar refractivity (Wildman–Crippen MR) is 92.9 cm³/mol. The van der Waals surface area contributed by atoms with Gasteiger partial charge in [0.1, 0.15) is 0 Å². The molecule has 0 aromatic heterocycles. The standard InChI is InChI=1S/C20H31N/c1-16(9-8-14-21-20(2,3)4)15-18-12-7-11-17-10-5-6-13-19(17)18/h5-6,9-10,13,18,21H,7-8,11-12,14-15H2,1-4H3. The molecule has 1 aliphatic carbocycles. The molecule has 1 atom stereocenters. The Bertz CT molecular complexity index is 479. The predicted octanol–water partition coefficient (Wildman–Crippen LogP) is 5.22. The summed E-state index contributed by atoms with van der Waals surface area (Å²) in [4.78, 5) is 0. The van der Waals surface area contributed by atoms with Crippen molar-refractivity contribution in [3.8, 4) is 0 Å². The van der Waals surface area contributed by atoms with Crippen molar-refractivity contribution in [2.75, 3.05) is 6.54 Å². The maximum atomic E-state index is 3.55. The average Bonchev–Trinajstić information content (AvgIpc) is 2.43. The van der Waals surface area contributed by atoms with Gasteiger partial charge in [-0.05, 0) is 83.4 Å². The van der Waals surface area contributed by atoms with Gasteiger partial charge in [-0.25, -0.2) is 0 Å². The lowest BCUT2D eigenvalue weighted by Crippen LogP contribution is -2.36. The van der Waals surface area contributed by atoms with Crippen LogP contribution in [-0.2, 0) is 6.42 Å². The average molecular weight is 285 g/mol. The quantitative estimate of drug-likeness (QED) is 0.577. The highest BCUT2D eigenvalue weighted by Gasteiger charge is 2.19. The number of hydrogen-bond acceptors (Lipinski definition) is 1. The highest BCUT2D eigenvalue weighted by Crippen LogP contribution is 2.35. The van der Waals surface area contributed by atoms with E-state index in [9.17, 15) is 0 Å². The van der Waals surface area contributed by atoms with E-state index >= 15 is 0 Å². The molecule has 1 aromatic rings. The van der Waals surface area contributed by atoms with Gasteiger partial charge in [0.15, 0.2) is 0 Å². The Kier molecular flexibility index (Phi) is 5.64. The van der Waals surface area contributed by atoms with Gasteiger partial charge in [0, 0.05) is 5.54 Å². The third-order valence-electron chi connectivity index (χ3n) is 4.35. The lowest BCUT2D eigenvalue weighted by molar-refractivity contribution is 0.431. The summed E-state index contributed by atoms with van der Waals surface area (Å²) >= 11 is 0. The number of aryl methyl sites for hydroxylation is 1. The Morgan fingerprint density at radius 3 is 2.81 bits per heavy atom. The van der Waals surface area contributed by atoms with Crippen LogP contribution in [0.5, 0.6) is 0 Å². The Balaban J connectivity index is 1.87. The van der Waals surface area contributed by atoms with Crippen molar-refractivity contribution in [2.24, 2.45) is 0 Å². The fourth-order valence-corrected chi connectivity index (χ4v) is 3.30. The van der Waals surface area contributed by atoms with Gasteiger partial charge < -0.3 is 5.32 Å². The van der Waals surface area contributed by atoms with Crippen LogP contribution in [0.3, 0.4) is 0 Å². The molecule has 1 aromatic carbocycles. The van der Waals surface area contributed by atoms with Crippen molar-refractivity contribution in [2.45, 2.75) is 71.3 Å². The Morgan fingerprint density at radius 2 is 2.05 bits per heavy atom. The van der Waals surface area contributed by atoms with Crippen molar-refractivity contribution in [3.05, 3.63) is 47.0 Å². The van der Waals surface area contributed by atoms with Gasteiger partial charge in [-0.1, -0.05) is 35.9 Å². The first kappa shape index (κ1) is 16.3. The van der Waals surface area contributed by atoms with Crippen LogP contribution >= 0.6 is 0 Å². The van der Waals surface area contributed by atoms with Crippen LogP contribution in [0.1, 0.15) is 70.4 Å². The van der Waals surface area contributed by atoms with Gasteiger partial charge in [0.2, 0.25) is 0 Å². The lowest BCUT2D eigenvalue weighted by Gasteiger charge is -2.26. The maximum Gasteiger partial charge on any atom is 0.00966 e. The molecule has 2 rings (SSSR count). The molecule has 0 fully saturated rings. The number of rotatable bonds is 5. The third kappa shape index (κ3) is 5.32. The topological polar surface area (TPSA) is 12.0 Å². The van der Waals surface area contributed by atoms with Gasteiger partial charge in [-0.2, -0.15) is 0 Å². The van der Waals surface area contributed by atoms with Crippen LogP contribution in [0.15, 0.2) is 35.9 Å². The molecule has 1 nitrogen and oxygen atoms in total. The van der Waals surface area contributed by atoms with Crippen LogP contribution in [0, 0.1) is 0 Å². The Morgan fingerprint density at radius 1 is 1.29 bits per heavy atom. The van der Waals surface area contributed by atoms with E-state index in [0.717, 1.165) is 18.9 Å². The molecule has 0 bridgehead atoms. The van der Waals surface area contributed by atoms with Crippen molar-refractivity contribution < 1.29 is 0 Å². The van der Waals surface area contributed by atoms with E-state index in [1.54, 1.807) is 16.7 Å². The molecule has 0 spiro atoms. The molecule has 1 N–H and O–H groups in total. The fraction of sp³-hybridized carbons (Fsp3) is 0.600. The molecular weight excluding hydrogens is 254 g/mol. The molecule has 1 unspecified atom stereocenters. The second-order valence-corrected chi connectivity index (χ2v) is 7.51. The highest BCUT2D eigenvalue weighted by atomic mass is 14.9. The maximum absolute atomic E-state index is 3.55. The van der Waals surface area contributed by atoms with E-state index in [0.29, 0.717) is 0 Å². The fourth-order valence-electron chi connectivity index (χ4n) is 3.30. The second-order valence-electron chi connectivity index (χ2n) is 7.51. The molecule has 116 valence electrons. The number of nitrogens with one attached hydrogen (secondary N) is 1. The highest BCUT2D eigenvalue weighted by molar-refractivity contribution is 5.33. The molecule has 21 heavy (non-hydrogen) atoms. The minimum absolute atomic E-state index is 0.226. The first-order valence-corrected chi connectivity index (χ1v) is 8.44. The largest absolute Gasteiger partial charge is 0.312 e. The normalized spacial score (nSPS) is 19.4. The second kappa shape index (κ2) is 7.26. The van der Waals surface area contributed by atoms with Crippen LogP contribution in [-0.4, -0.2) is 12.1 Å². The molecule has 0 aliphatic heterocycles. The lowest BCUT2D eigenvalue weighted by atomic mass is 9.79. The van der Waals surface area contributed by atoms with Crippen LogP contribution in [0.4, 0.5) is 0 Å². The summed E-state index contributed by atoms with van der Waals surface area (Å²) in [5.41, 5.74) is 4.96. The van der Waals surface area contributed by atoms with Crippen molar-refractivity contribution in [1.29, 1.82) is 0 Å². The van der Waals surface area contributed by atoms with E-state index in [1.807, 2.05) is 0 Å². The third-order valence-corrected chi connectivity index (χ3v) is 4.35. The molecule has 1 aliphatic rings. The van der Waals surface area contributed by atoms with Gasteiger partial charge >= 0.3 is 0 Å². The molecule has 0 saturated heterocycles. The van der Waals surface area contributed by atoms with Gasteiger partial charge in [-0.15, -0.1) is 0 Å². The SMILES string of the molecule is CC(=CCCNC(C)(C)C)CC1CCCc2ccccc21. The van der Waals surface area contributed by atoms with E-state index in [1.165, 1.54) is 25.7 Å². The van der Waals surface area contributed by atoms with Crippen LogP contribution < -0.4 is 5.32 Å². The summed E-state index contributed by atoms with van der Waals surface area (Å²) in [6.45, 7) is 10.0. The summed E-state index contributed by atoms with van der Waals surface area (Å²) in [5.74, 6) is 0.738. The molecule has 0 saturated carbocycles. The number of hydrogen-bond donors (Lipinski definition) is 1. The van der Waals surface area contributed by atoms with Crippen molar-refractivity contribution >= 4 is 0 Å². The Hall–Kier alpha value is -1.08. The zero-order valence-electron chi connectivity index (χ0n) is 14.2. The number of allylic oxidation sites excluding steroid dienone is 1. The van der Waals surface area contributed by atoms with E-state index in [2.05, 4.69) is 63.4 Å². The van der Waals surface area contributed by atoms with E-state index in [4.69, 9.17) is 0 Å². The minimum Gasteiger partial charge on any atom is -0.312 e. The smallest absolute Gasteiger partial charge is 0.00966 e. The molecular formula is C20H31N. The Labute approximate surface area is 130 Å². The summed E-state index contributed by atoms with van der Waals surface area (Å²) in [6, 6.07) is 9.03. The summed E-state index contributed by atoms with van der Waals surface area (Å²) in [5, 5.41) is 3.55. The van der Waals surface area contributed by atoms with Crippen LogP contribution in [0.25, 0.3) is 0 Å². The molecule has 1 heteroatoms.